The van der Waals surface area contributed by atoms with Gasteiger partial charge in [0.1, 0.15) is 0 Å². The quantitative estimate of drug-likeness (QED) is 0.491. The van der Waals surface area contributed by atoms with E-state index in [9.17, 15) is 9.59 Å². The van der Waals surface area contributed by atoms with Gasteiger partial charge in [0.2, 0.25) is 0 Å². The maximum atomic E-state index is 12.2. The third-order valence-electron chi connectivity index (χ3n) is 3.24. The van der Waals surface area contributed by atoms with Gasteiger partial charge in [0.05, 0.1) is 5.56 Å². The van der Waals surface area contributed by atoms with Crippen molar-refractivity contribution >= 4 is 23.6 Å². The average molecular weight is 345 g/mol. The monoisotopic (exact) mass is 345 g/mol. The summed E-state index contributed by atoms with van der Waals surface area (Å²) in [5.74, 6) is -0.739. The number of esters is 1. The van der Waals surface area contributed by atoms with E-state index in [0.717, 1.165) is 17.0 Å². The number of aromatic nitrogens is 2. The Morgan fingerprint density at radius 1 is 1.21 bits per heavy atom. The van der Waals surface area contributed by atoms with Gasteiger partial charge in [-0.05, 0) is 38.5 Å². The SMILES string of the molecule is Cc1cc(C)nc(SCc2ccccc2C(=O)O[C@H](C)C(N)=O)n1. The lowest BCUT2D eigenvalue weighted by atomic mass is 10.1. The van der Waals surface area contributed by atoms with Gasteiger partial charge >= 0.3 is 5.97 Å². The highest BCUT2D eigenvalue weighted by Crippen LogP contribution is 2.23. The molecular weight excluding hydrogens is 326 g/mol. The number of nitrogens with zero attached hydrogens (tertiary/aromatic N) is 2. The first-order valence-corrected chi connectivity index (χ1v) is 8.38. The molecule has 0 saturated carbocycles. The van der Waals surface area contributed by atoms with Crippen LogP contribution in [0.4, 0.5) is 0 Å². The molecule has 0 aliphatic carbocycles. The molecule has 2 rings (SSSR count). The number of hydrogen-bond donors (Lipinski definition) is 1. The number of primary amides is 1. The van der Waals surface area contributed by atoms with Gasteiger partial charge in [-0.25, -0.2) is 14.8 Å². The highest BCUT2D eigenvalue weighted by Gasteiger charge is 2.18. The van der Waals surface area contributed by atoms with Crippen molar-refractivity contribution in [1.29, 1.82) is 0 Å². The number of carbonyl (C=O) groups excluding carboxylic acids is 2. The molecule has 7 heteroatoms. The molecular formula is C17H19N3O3S. The van der Waals surface area contributed by atoms with Crippen LogP contribution in [0.15, 0.2) is 35.5 Å². The fourth-order valence-corrected chi connectivity index (χ4v) is 2.98. The van der Waals surface area contributed by atoms with E-state index in [1.54, 1.807) is 12.1 Å². The number of rotatable bonds is 6. The standard InChI is InChI=1S/C17H19N3O3S/c1-10-8-11(2)20-17(19-10)24-9-13-6-4-5-7-14(13)16(22)23-12(3)15(18)21/h4-8,12H,9H2,1-3H3,(H2,18,21)/t12-/m1/s1. The fourth-order valence-electron chi connectivity index (χ4n) is 2.03. The van der Waals surface area contributed by atoms with Crippen LogP contribution in [-0.2, 0) is 15.3 Å². The third kappa shape index (κ3) is 4.79. The zero-order chi connectivity index (χ0) is 17.7. The van der Waals surface area contributed by atoms with Crippen LogP contribution in [0.3, 0.4) is 0 Å². The minimum atomic E-state index is -0.971. The predicted octanol–water partition coefficient (Wildman–Crippen LogP) is 2.42. The van der Waals surface area contributed by atoms with Gasteiger partial charge in [-0.15, -0.1) is 0 Å². The molecule has 0 radical (unpaired) electrons. The number of carbonyl (C=O) groups is 2. The highest BCUT2D eigenvalue weighted by molar-refractivity contribution is 7.98. The number of aryl methyl sites for hydroxylation is 2. The number of hydrogen-bond acceptors (Lipinski definition) is 6. The molecule has 0 bridgehead atoms. The Labute approximate surface area is 144 Å². The molecule has 2 aromatic rings. The van der Waals surface area contributed by atoms with Crippen molar-refractivity contribution in [2.45, 2.75) is 37.8 Å². The second-order valence-corrected chi connectivity index (χ2v) is 6.27. The Bertz CT molecular complexity index is 744. The van der Waals surface area contributed by atoms with E-state index in [1.165, 1.54) is 18.7 Å². The average Bonchev–Trinajstić information content (AvgIpc) is 2.52. The molecule has 0 aliphatic rings. The van der Waals surface area contributed by atoms with E-state index in [0.29, 0.717) is 16.5 Å². The van der Waals surface area contributed by atoms with E-state index < -0.39 is 18.0 Å². The smallest absolute Gasteiger partial charge is 0.339 e. The number of thioether (sulfide) groups is 1. The molecule has 0 unspecified atom stereocenters. The van der Waals surface area contributed by atoms with Crippen LogP contribution in [0, 0.1) is 13.8 Å². The molecule has 24 heavy (non-hydrogen) atoms. The Balaban J connectivity index is 2.13. The molecule has 0 aliphatic heterocycles. The molecule has 0 saturated heterocycles. The molecule has 1 atom stereocenters. The van der Waals surface area contributed by atoms with Gasteiger partial charge in [-0.2, -0.15) is 0 Å². The first-order chi connectivity index (χ1) is 11.4. The lowest BCUT2D eigenvalue weighted by Crippen LogP contribution is -2.30. The van der Waals surface area contributed by atoms with E-state index >= 15 is 0 Å². The molecule has 126 valence electrons. The van der Waals surface area contributed by atoms with Crippen molar-refractivity contribution in [2.75, 3.05) is 0 Å². The van der Waals surface area contributed by atoms with Gasteiger partial charge in [-0.1, -0.05) is 30.0 Å². The lowest BCUT2D eigenvalue weighted by Gasteiger charge is -2.12. The summed E-state index contributed by atoms with van der Waals surface area (Å²) in [7, 11) is 0. The first-order valence-electron chi connectivity index (χ1n) is 7.40. The van der Waals surface area contributed by atoms with Crippen LogP contribution in [0.5, 0.6) is 0 Å². The Morgan fingerprint density at radius 3 is 2.46 bits per heavy atom. The number of benzene rings is 1. The molecule has 1 aromatic heterocycles. The van der Waals surface area contributed by atoms with Crippen molar-refractivity contribution in [3.05, 3.63) is 52.8 Å². The number of ether oxygens (including phenoxy) is 1. The summed E-state index contributed by atoms with van der Waals surface area (Å²) in [4.78, 5) is 32.0. The van der Waals surface area contributed by atoms with Crippen LogP contribution in [0.2, 0.25) is 0 Å². The number of amides is 1. The van der Waals surface area contributed by atoms with Crippen molar-refractivity contribution in [3.8, 4) is 0 Å². The number of nitrogens with two attached hydrogens (primary N) is 1. The Hall–Kier alpha value is -2.41. The summed E-state index contributed by atoms with van der Waals surface area (Å²) < 4.78 is 5.07. The minimum absolute atomic E-state index is 0.405. The lowest BCUT2D eigenvalue weighted by molar-refractivity contribution is -0.125. The van der Waals surface area contributed by atoms with E-state index in [1.807, 2.05) is 32.0 Å². The second-order valence-electron chi connectivity index (χ2n) is 5.33. The molecule has 6 nitrogen and oxygen atoms in total. The molecule has 1 aromatic carbocycles. The third-order valence-corrected chi connectivity index (χ3v) is 4.14. The molecule has 1 heterocycles. The zero-order valence-electron chi connectivity index (χ0n) is 13.8. The molecule has 2 N–H and O–H groups in total. The van der Waals surface area contributed by atoms with Crippen LogP contribution >= 0.6 is 11.8 Å². The molecule has 0 fully saturated rings. The van der Waals surface area contributed by atoms with Gasteiger partial charge in [0, 0.05) is 17.1 Å². The maximum absolute atomic E-state index is 12.2. The van der Waals surface area contributed by atoms with Crippen LogP contribution in [0.1, 0.15) is 34.2 Å². The Kier molecular flexibility index (Phi) is 5.92. The second kappa shape index (κ2) is 7.92. The van der Waals surface area contributed by atoms with Crippen molar-refractivity contribution in [3.63, 3.8) is 0 Å². The predicted molar refractivity (Wildman–Crippen MR) is 91.6 cm³/mol. The summed E-state index contributed by atoms with van der Waals surface area (Å²) in [6.45, 7) is 5.27. The minimum Gasteiger partial charge on any atom is -0.449 e. The van der Waals surface area contributed by atoms with Gasteiger partial charge < -0.3 is 10.5 Å². The summed E-state index contributed by atoms with van der Waals surface area (Å²) in [5, 5.41) is 0.654. The zero-order valence-corrected chi connectivity index (χ0v) is 14.6. The highest BCUT2D eigenvalue weighted by atomic mass is 32.2. The summed E-state index contributed by atoms with van der Waals surface area (Å²) in [6.07, 6.45) is -0.971. The Morgan fingerprint density at radius 2 is 1.83 bits per heavy atom. The molecule has 0 spiro atoms. The first kappa shape index (κ1) is 17.9. The van der Waals surface area contributed by atoms with E-state index in [2.05, 4.69) is 9.97 Å². The van der Waals surface area contributed by atoms with Gasteiger partial charge in [-0.3, -0.25) is 4.79 Å². The van der Waals surface area contributed by atoms with E-state index in [4.69, 9.17) is 10.5 Å². The summed E-state index contributed by atoms with van der Waals surface area (Å²) >= 11 is 1.44. The van der Waals surface area contributed by atoms with Crippen molar-refractivity contribution < 1.29 is 14.3 Å². The largest absolute Gasteiger partial charge is 0.449 e. The van der Waals surface area contributed by atoms with Gasteiger partial charge in [0.25, 0.3) is 5.91 Å². The summed E-state index contributed by atoms with van der Waals surface area (Å²) in [5.41, 5.74) is 8.11. The van der Waals surface area contributed by atoms with Crippen LogP contribution < -0.4 is 5.73 Å². The van der Waals surface area contributed by atoms with Crippen molar-refractivity contribution in [1.82, 2.24) is 9.97 Å². The normalized spacial score (nSPS) is 11.8. The van der Waals surface area contributed by atoms with E-state index in [-0.39, 0.29) is 0 Å². The fraction of sp³-hybridized carbons (Fsp3) is 0.294. The van der Waals surface area contributed by atoms with Crippen LogP contribution in [-0.4, -0.2) is 27.9 Å². The van der Waals surface area contributed by atoms with Gasteiger partial charge in [0.15, 0.2) is 11.3 Å². The summed E-state index contributed by atoms with van der Waals surface area (Å²) in [6, 6.07) is 8.98. The topological polar surface area (TPSA) is 95.2 Å². The molecule has 1 amide bonds. The maximum Gasteiger partial charge on any atom is 0.339 e. The van der Waals surface area contributed by atoms with Crippen LogP contribution in [0.25, 0.3) is 0 Å². The van der Waals surface area contributed by atoms with Crippen molar-refractivity contribution in [2.24, 2.45) is 5.73 Å².